The van der Waals surface area contributed by atoms with Crippen molar-refractivity contribution in [2.24, 2.45) is 5.73 Å². The molecule has 1 fully saturated rings. The van der Waals surface area contributed by atoms with Gasteiger partial charge in [0.25, 0.3) is 5.91 Å². The van der Waals surface area contributed by atoms with Crippen molar-refractivity contribution in [3.05, 3.63) is 71.3 Å². The van der Waals surface area contributed by atoms with Crippen LogP contribution in [0, 0.1) is 0 Å². The number of carbonyl (C=O) groups excluding carboxylic acids is 1. The molecule has 26 heavy (non-hydrogen) atoms. The zero-order valence-electron chi connectivity index (χ0n) is 14.7. The van der Waals surface area contributed by atoms with Gasteiger partial charge in [-0.1, -0.05) is 54.6 Å². The van der Waals surface area contributed by atoms with Gasteiger partial charge in [0.1, 0.15) is 6.10 Å². The number of hydrogen-bond donors (Lipinski definition) is 1. The standard InChI is InChI=1S/C21H24N2O2.ClH/c22-12-17-10-11-20(25-17)21(24)23-13-16-8-4-5-9-18(16)19(14-23)15-6-2-1-3-7-15;/h1-9,17,19-20H,10-14,22H2;1H/t17-,19?,20+;/m1./s1. The fraction of sp³-hybridized carbons (Fsp3) is 0.381. The van der Waals surface area contributed by atoms with Gasteiger partial charge in [-0.3, -0.25) is 4.79 Å². The third kappa shape index (κ3) is 3.63. The first-order valence-electron chi connectivity index (χ1n) is 9.03. The van der Waals surface area contributed by atoms with Gasteiger partial charge in [0.15, 0.2) is 0 Å². The highest BCUT2D eigenvalue weighted by Crippen LogP contribution is 2.34. The van der Waals surface area contributed by atoms with Gasteiger partial charge in [0.05, 0.1) is 6.10 Å². The molecule has 2 aromatic rings. The van der Waals surface area contributed by atoms with E-state index < -0.39 is 0 Å². The average Bonchev–Trinajstić information content (AvgIpc) is 3.16. The first-order chi connectivity index (χ1) is 12.3. The molecule has 2 N–H and O–H groups in total. The molecule has 5 heteroatoms. The van der Waals surface area contributed by atoms with Crippen molar-refractivity contribution in [3.63, 3.8) is 0 Å². The van der Waals surface area contributed by atoms with Crippen molar-refractivity contribution in [2.45, 2.75) is 37.5 Å². The van der Waals surface area contributed by atoms with Crippen molar-refractivity contribution in [1.29, 1.82) is 0 Å². The maximum absolute atomic E-state index is 13.0. The van der Waals surface area contributed by atoms with Crippen molar-refractivity contribution in [3.8, 4) is 0 Å². The zero-order chi connectivity index (χ0) is 17.2. The summed E-state index contributed by atoms with van der Waals surface area (Å²) in [5.41, 5.74) is 9.49. The van der Waals surface area contributed by atoms with Crippen LogP contribution in [-0.2, 0) is 16.1 Å². The van der Waals surface area contributed by atoms with Crippen LogP contribution in [0.15, 0.2) is 54.6 Å². The molecule has 2 heterocycles. The van der Waals surface area contributed by atoms with E-state index in [1.54, 1.807) is 0 Å². The third-order valence-electron chi connectivity index (χ3n) is 5.35. The first-order valence-corrected chi connectivity index (χ1v) is 9.03. The van der Waals surface area contributed by atoms with Crippen molar-refractivity contribution in [1.82, 2.24) is 4.90 Å². The van der Waals surface area contributed by atoms with Gasteiger partial charge in [-0.05, 0) is 29.5 Å². The van der Waals surface area contributed by atoms with Crippen LogP contribution in [-0.4, -0.2) is 36.1 Å². The maximum Gasteiger partial charge on any atom is 0.252 e. The van der Waals surface area contributed by atoms with Crippen molar-refractivity contribution in [2.75, 3.05) is 13.1 Å². The Bertz CT molecular complexity index is 753. The Balaban J connectivity index is 0.00000196. The number of ether oxygens (including phenoxy) is 1. The molecular weight excluding hydrogens is 348 g/mol. The number of nitrogens with two attached hydrogens (primary N) is 1. The molecule has 1 amide bonds. The molecule has 2 aliphatic rings. The topological polar surface area (TPSA) is 55.6 Å². The number of rotatable bonds is 3. The fourth-order valence-corrected chi connectivity index (χ4v) is 4.01. The minimum Gasteiger partial charge on any atom is -0.364 e. The molecule has 3 atom stereocenters. The van der Waals surface area contributed by atoms with Gasteiger partial charge in [0, 0.05) is 25.6 Å². The van der Waals surface area contributed by atoms with Gasteiger partial charge in [0.2, 0.25) is 0 Å². The van der Waals surface area contributed by atoms with E-state index in [1.807, 2.05) is 17.0 Å². The number of amides is 1. The number of fused-ring (bicyclic) bond motifs is 1. The molecule has 4 nitrogen and oxygen atoms in total. The Morgan fingerprint density at radius 3 is 2.54 bits per heavy atom. The highest BCUT2D eigenvalue weighted by molar-refractivity contribution is 5.85. The summed E-state index contributed by atoms with van der Waals surface area (Å²) in [4.78, 5) is 15.0. The molecule has 2 aromatic carbocycles. The van der Waals surface area contributed by atoms with Crippen molar-refractivity contribution >= 4 is 18.3 Å². The number of hydrogen-bond acceptors (Lipinski definition) is 3. The maximum atomic E-state index is 13.0. The zero-order valence-corrected chi connectivity index (χ0v) is 15.5. The van der Waals surface area contributed by atoms with Crippen LogP contribution in [0.2, 0.25) is 0 Å². The summed E-state index contributed by atoms with van der Waals surface area (Å²) < 4.78 is 5.84. The van der Waals surface area contributed by atoms with Gasteiger partial charge >= 0.3 is 0 Å². The van der Waals surface area contributed by atoms with Crippen LogP contribution in [0.4, 0.5) is 0 Å². The average molecular weight is 373 g/mol. The molecule has 4 rings (SSSR count). The molecule has 1 saturated heterocycles. The van der Waals surface area contributed by atoms with Crippen LogP contribution in [0.3, 0.4) is 0 Å². The second-order valence-electron chi connectivity index (χ2n) is 6.94. The van der Waals surface area contributed by atoms with Crippen molar-refractivity contribution < 1.29 is 9.53 Å². The van der Waals surface area contributed by atoms with E-state index in [0.29, 0.717) is 19.6 Å². The quantitative estimate of drug-likeness (QED) is 0.900. The third-order valence-corrected chi connectivity index (χ3v) is 5.35. The van der Waals surface area contributed by atoms with Gasteiger partial charge in [-0.15, -0.1) is 12.4 Å². The predicted molar refractivity (Wildman–Crippen MR) is 104 cm³/mol. The summed E-state index contributed by atoms with van der Waals surface area (Å²) in [6.45, 7) is 1.84. The molecule has 0 aliphatic carbocycles. The Labute approximate surface area is 160 Å². The number of benzene rings is 2. The van der Waals surface area contributed by atoms with E-state index in [1.165, 1.54) is 16.7 Å². The van der Waals surface area contributed by atoms with E-state index in [0.717, 1.165) is 12.8 Å². The lowest BCUT2D eigenvalue weighted by Gasteiger charge is -2.36. The van der Waals surface area contributed by atoms with E-state index in [-0.39, 0.29) is 36.4 Å². The summed E-state index contributed by atoms with van der Waals surface area (Å²) in [6.07, 6.45) is 1.33. The van der Waals surface area contributed by atoms with E-state index in [4.69, 9.17) is 10.5 Å². The molecule has 0 spiro atoms. The molecule has 1 unspecified atom stereocenters. The molecule has 0 bridgehead atoms. The molecule has 138 valence electrons. The monoisotopic (exact) mass is 372 g/mol. The molecular formula is C21H25ClN2O2. The second-order valence-corrected chi connectivity index (χ2v) is 6.94. The Morgan fingerprint density at radius 2 is 1.81 bits per heavy atom. The summed E-state index contributed by atoms with van der Waals surface area (Å²) in [7, 11) is 0. The van der Waals surface area contributed by atoms with Crippen LogP contribution in [0.1, 0.15) is 35.4 Å². The highest BCUT2D eigenvalue weighted by atomic mass is 35.5. The lowest BCUT2D eigenvalue weighted by atomic mass is 9.84. The van der Waals surface area contributed by atoms with E-state index in [9.17, 15) is 4.79 Å². The van der Waals surface area contributed by atoms with Gasteiger partial charge in [-0.25, -0.2) is 0 Å². The second kappa shape index (κ2) is 8.21. The summed E-state index contributed by atoms with van der Waals surface area (Å²) >= 11 is 0. The minimum absolute atomic E-state index is 0. The van der Waals surface area contributed by atoms with Crippen LogP contribution in [0.25, 0.3) is 0 Å². The van der Waals surface area contributed by atoms with Crippen LogP contribution < -0.4 is 5.73 Å². The first kappa shape index (κ1) is 18.9. The Kier molecular flexibility index (Phi) is 5.97. The van der Waals surface area contributed by atoms with Crippen LogP contribution >= 0.6 is 12.4 Å². The molecule has 2 aliphatic heterocycles. The molecule has 0 saturated carbocycles. The van der Waals surface area contributed by atoms with E-state index in [2.05, 4.69) is 42.5 Å². The number of carbonyl (C=O) groups is 1. The predicted octanol–water partition coefficient (Wildman–Crippen LogP) is 3.09. The lowest BCUT2D eigenvalue weighted by Crippen LogP contribution is -2.44. The summed E-state index contributed by atoms with van der Waals surface area (Å²) in [5.74, 6) is 0.313. The van der Waals surface area contributed by atoms with E-state index >= 15 is 0 Å². The Morgan fingerprint density at radius 1 is 1.08 bits per heavy atom. The Hall–Kier alpha value is -1.88. The SMILES string of the molecule is Cl.NC[C@H]1CC[C@@H](C(=O)N2Cc3ccccc3C(c3ccccc3)C2)O1. The van der Waals surface area contributed by atoms with Crippen LogP contribution in [0.5, 0.6) is 0 Å². The number of halogens is 1. The lowest BCUT2D eigenvalue weighted by molar-refractivity contribution is -0.143. The molecule has 0 aromatic heterocycles. The fourth-order valence-electron chi connectivity index (χ4n) is 4.01. The smallest absolute Gasteiger partial charge is 0.252 e. The normalized spacial score (nSPS) is 24.7. The van der Waals surface area contributed by atoms with Gasteiger partial charge < -0.3 is 15.4 Å². The van der Waals surface area contributed by atoms with Gasteiger partial charge in [-0.2, -0.15) is 0 Å². The molecule has 0 radical (unpaired) electrons. The highest BCUT2D eigenvalue weighted by Gasteiger charge is 2.36. The summed E-state index contributed by atoms with van der Waals surface area (Å²) in [6, 6.07) is 18.9. The number of nitrogens with zero attached hydrogens (tertiary/aromatic N) is 1. The largest absolute Gasteiger partial charge is 0.364 e. The minimum atomic E-state index is -0.338. The summed E-state index contributed by atoms with van der Waals surface area (Å²) in [5, 5.41) is 0.